The van der Waals surface area contributed by atoms with Gasteiger partial charge in [-0.25, -0.2) is 9.48 Å². The Balaban J connectivity index is 0.000000175. The van der Waals surface area contributed by atoms with Gasteiger partial charge >= 0.3 is 5.97 Å². The van der Waals surface area contributed by atoms with Gasteiger partial charge in [0.25, 0.3) is 21.9 Å². The smallest absolute Gasteiger partial charge is 0.352 e. The third kappa shape index (κ3) is 6.79. The number of thioether (sulfide) groups is 2. The van der Waals surface area contributed by atoms with Gasteiger partial charge in [-0.3, -0.25) is 28.7 Å². The van der Waals surface area contributed by atoms with E-state index >= 15 is 0 Å². The number of phenols is 1. The number of aromatic hydroxyl groups is 1. The minimum atomic E-state index is -4.40. The highest BCUT2D eigenvalue weighted by Crippen LogP contribution is 2.64. The monoisotopic (exact) mass is 869 g/mol. The normalized spacial score (nSPS) is 28.3. The van der Waals surface area contributed by atoms with E-state index in [1.807, 2.05) is 12.1 Å². The Labute approximate surface area is 345 Å². The Morgan fingerprint density at radius 2 is 1.93 bits per heavy atom. The highest BCUT2D eigenvalue weighted by Gasteiger charge is 2.73. The number of aliphatic hydroxyl groups excluding tert-OH is 1. The number of ketones is 1. The molecular formula is C37H39N7O12S3. The molecule has 5 heterocycles. The number of hydrogen-bond acceptors (Lipinski definition) is 16. The van der Waals surface area contributed by atoms with E-state index in [1.165, 1.54) is 11.8 Å². The molecule has 9 rings (SSSR count). The highest BCUT2D eigenvalue weighted by molar-refractivity contribution is 8.01. The maximum Gasteiger partial charge on any atom is 0.352 e. The molecule has 7 atom stereocenters. The van der Waals surface area contributed by atoms with Crippen LogP contribution in [0.2, 0.25) is 0 Å². The Morgan fingerprint density at radius 3 is 2.64 bits per heavy atom. The van der Waals surface area contributed by atoms with E-state index in [0.717, 1.165) is 45.6 Å². The van der Waals surface area contributed by atoms with E-state index in [-0.39, 0.29) is 39.9 Å². The van der Waals surface area contributed by atoms with Crippen LogP contribution in [0.4, 0.5) is 0 Å². The van der Waals surface area contributed by atoms with Crippen molar-refractivity contribution in [1.29, 1.82) is 0 Å². The van der Waals surface area contributed by atoms with E-state index in [9.17, 15) is 48.0 Å². The van der Waals surface area contributed by atoms with E-state index in [4.69, 9.17) is 9.29 Å². The highest BCUT2D eigenvalue weighted by atomic mass is 32.2. The maximum atomic E-state index is 12.8. The number of aromatic nitrogens is 4. The first-order valence-electron chi connectivity index (χ1n) is 18.5. The number of nitrogens with one attached hydrogen (secondary N) is 1. The van der Waals surface area contributed by atoms with Crippen LogP contribution in [0.25, 0.3) is 0 Å². The zero-order valence-electron chi connectivity index (χ0n) is 31.1. The zero-order valence-corrected chi connectivity index (χ0v) is 33.5. The number of carboxylic acids is 1. The number of aliphatic carboxylic acids is 1. The number of Topliss-reactive ketones (excluding diaryl/α,β-unsaturated/α-hetero) is 1. The molecule has 3 aromatic rings. The van der Waals surface area contributed by atoms with E-state index in [2.05, 4.69) is 32.3 Å². The van der Waals surface area contributed by atoms with E-state index in [0.29, 0.717) is 42.6 Å². The lowest BCUT2D eigenvalue weighted by Crippen LogP contribution is -2.76. The average Bonchev–Trinajstić information content (AvgIpc) is 3.80. The van der Waals surface area contributed by atoms with Gasteiger partial charge in [0.05, 0.1) is 11.0 Å². The number of carboxylic acid groups (broad SMARTS) is 1. The van der Waals surface area contributed by atoms with E-state index in [1.54, 1.807) is 36.4 Å². The van der Waals surface area contributed by atoms with Crippen molar-refractivity contribution in [2.75, 3.05) is 24.6 Å². The molecule has 2 saturated heterocycles. The molecule has 6 aliphatic rings. The van der Waals surface area contributed by atoms with Gasteiger partial charge in [0, 0.05) is 42.6 Å². The topological polar surface area (TPSA) is 275 Å². The van der Waals surface area contributed by atoms with Gasteiger partial charge < -0.3 is 30.5 Å². The number of amides is 2. The number of piperidine rings is 1. The number of carbonyl (C=O) groups excluding carboxylic acids is 3. The van der Waals surface area contributed by atoms with Crippen LogP contribution in [0.3, 0.4) is 0 Å². The molecule has 59 heavy (non-hydrogen) atoms. The van der Waals surface area contributed by atoms with Gasteiger partial charge in [-0.15, -0.1) is 23.4 Å². The zero-order chi connectivity index (χ0) is 42.0. The molecule has 4 aliphatic heterocycles. The molecular weight excluding hydrogens is 831 g/mol. The first-order chi connectivity index (χ1) is 28.1. The number of rotatable bonds is 11. The van der Waals surface area contributed by atoms with Crippen molar-refractivity contribution in [3.05, 3.63) is 83.1 Å². The molecule has 0 radical (unpaired) electrons. The number of hydrogen-bond donors (Lipinski definition) is 6. The summed E-state index contributed by atoms with van der Waals surface area (Å²) in [6.45, 7) is 5.36. The van der Waals surface area contributed by atoms with Crippen LogP contribution in [0.5, 0.6) is 11.5 Å². The first kappa shape index (κ1) is 40.9. The van der Waals surface area contributed by atoms with Crippen molar-refractivity contribution < 1.29 is 57.3 Å². The van der Waals surface area contributed by atoms with Crippen molar-refractivity contribution in [3.63, 3.8) is 0 Å². The summed E-state index contributed by atoms with van der Waals surface area (Å²) in [5.41, 5.74) is 0.736. The van der Waals surface area contributed by atoms with Crippen LogP contribution < -0.4 is 10.1 Å². The van der Waals surface area contributed by atoms with Crippen LogP contribution in [0.1, 0.15) is 42.1 Å². The number of tetrazole rings is 1. The summed E-state index contributed by atoms with van der Waals surface area (Å²) in [4.78, 5) is 53.2. The number of benzene rings is 2. The summed E-state index contributed by atoms with van der Waals surface area (Å²) in [6, 6.07) is 10.7. The predicted molar refractivity (Wildman–Crippen MR) is 208 cm³/mol. The summed E-state index contributed by atoms with van der Waals surface area (Å²) in [7, 11) is -4.40. The lowest BCUT2D eigenvalue weighted by molar-refractivity contribution is -0.187. The van der Waals surface area contributed by atoms with Crippen LogP contribution >= 0.6 is 23.5 Å². The Kier molecular flexibility index (Phi) is 10.6. The molecule has 0 unspecified atom stereocenters. The molecule has 2 amide bonds. The van der Waals surface area contributed by atoms with Crippen molar-refractivity contribution in [2.24, 2.45) is 0 Å². The van der Waals surface area contributed by atoms with Crippen LogP contribution in [0.15, 0.2) is 71.5 Å². The van der Waals surface area contributed by atoms with E-state index < -0.39 is 68.4 Å². The van der Waals surface area contributed by atoms with Gasteiger partial charge in [-0.1, -0.05) is 54.2 Å². The fraction of sp³-hybridized carbons (Fsp3) is 0.432. The second-order valence-corrected chi connectivity index (χ2v) is 18.5. The summed E-state index contributed by atoms with van der Waals surface area (Å²) in [5, 5.41) is 54.5. The fourth-order valence-corrected chi connectivity index (χ4v) is 12.2. The largest absolute Gasteiger partial charge is 0.504 e. The van der Waals surface area contributed by atoms with Crippen LogP contribution in [-0.2, 0) is 47.0 Å². The fourth-order valence-electron chi connectivity index (χ4n) is 9.30. The van der Waals surface area contributed by atoms with Gasteiger partial charge in [-0.2, -0.15) is 8.42 Å². The average molecular weight is 870 g/mol. The molecule has 6 N–H and O–H groups in total. The number of ether oxygens (including phenoxy) is 1. The molecule has 2 aromatic carbocycles. The Morgan fingerprint density at radius 1 is 1.17 bits per heavy atom. The molecule has 2 bridgehead atoms. The summed E-state index contributed by atoms with van der Waals surface area (Å²) < 4.78 is 38.0. The lowest BCUT2D eigenvalue weighted by Gasteiger charge is -2.62. The first-order valence-corrected chi connectivity index (χ1v) is 22.1. The quantitative estimate of drug-likeness (QED) is 0.0658. The number of likely N-dealkylation sites (tertiary alicyclic amines) is 1. The second-order valence-electron chi connectivity index (χ2n) is 15.0. The molecule has 312 valence electrons. The number of aliphatic hydroxyl groups is 2. The second kappa shape index (κ2) is 15.3. The molecule has 1 spiro atoms. The van der Waals surface area contributed by atoms with Crippen molar-refractivity contribution in [3.8, 4) is 11.5 Å². The maximum absolute atomic E-state index is 12.8. The van der Waals surface area contributed by atoms with Gasteiger partial charge in [0.15, 0.2) is 35.4 Å². The van der Waals surface area contributed by atoms with Crippen molar-refractivity contribution in [1.82, 2.24) is 35.3 Å². The summed E-state index contributed by atoms with van der Waals surface area (Å²) in [6.07, 6.45) is 1.86. The molecule has 19 nitrogen and oxygen atoms in total. The number of fused-ring (bicyclic) bond motifs is 1. The minimum Gasteiger partial charge on any atom is -0.504 e. The third-order valence-electron chi connectivity index (χ3n) is 11.8. The van der Waals surface area contributed by atoms with Gasteiger partial charge in [-0.05, 0) is 52.5 Å². The minimum absolute atomic E-state index is 0.0285. The molecule has 3 fully saturated rings. The van der Waals surface area contributed by atoms with Crippen LogP contribution in [0, 0.1) is 0 Å². The number of β-lactam (4-membered cyclic amide) rings is 1. The predicted octanol–water partition coefficient (Wildman–Crippen LogP) is 0.384. The standard InChI is InChI=1S/C19H21NO4.C18H18N6O8S3/c1-2-8-20-9-7-18-15-11-3-4-12(21)16(15)24-17(18)13(22)5-6-19(18,23)14(20)10-11;25-13(9-4-2-1-3-5-9)14(26)19-11-15(27)24-12(17(28)29)10(6-33-16(11)24)7-34-18-20-21-22-23(18)8-35(30,31)32/h2-4,14,17,21,23H,1,5-10H2;1-5,11,13,16,25H,6-8H2,(H,19,26)(H,28,29)(H,30,31,32)/t14-,17+,18+,19-;11-,13-,16-/m11/s1. The van der Waals surface area contributed by atoms with Gasteiger partial charge in [0.2, 0.25) is 5.16 Å². The third-order valence-corrected chi connectivity index (χ3v) is 14.8. The Bertz CT molecular complexity index is 2400. The number of nitrogens with zero attached hydrogens (tertiary/aromatic N) is 6. The van der Waals surface area contributed by atoms with Gasteiger partial charge in [0.1, 0.15) is 17.1 Å². The molecule has 1 aromatic heterocycles. The summed E-state index contributed by atoms with van der Waals surface area (Å²) in [5.74, 6) is -2.86. The molecule has 22 heteroatoms. The molecule has 1 saturated carbocycles. The van der Waals surface area contributed by atoms with Crippen LogP contribution in [-0.4, -0.2) is 141 Å². The SMILES string of the molecule is C=CCN1CC[C@]23c4c5ccc(O)c4O[C@H]2C(=O)CC[C@@]3(O)[C@H]1C5.O=C(O)C1=C(CSc2nnnn2CS(=O)(=O)O)CS[C@@H]2[C@H](NC(=O)[C@H](O)c3ccccc3)C(=O)N12. The lowest BCUT2D eigenvalue weighted by atomic mass is 9.49. The van der Waals surface area contributed by atoms with Crippen molar-refractivity contribution in [2.45, 2.75) is 77.4 Å². The number of carbonyl (C=O) groups is 4. The van der Waals surface area contributed by atoms with Crippen molar-refractivity contribution >= 4 is 57.2 Å². The number of phenolic OH excluding ortho intramolecular Hbond substituents is 1. The molecule has 2 aliphatic carbocycles. The Hall–Kier alpha value is -4.84. The summed E-state index contributed by atoms with van der Waals surface area (Å²) >= 11 is 2.17.